The molecule has 31 heavy (non-hydrogen) atoms. The quantitative estimate of drug-likeness (QED) is 0.636. The van der Waals surface area contributed by atoms with Crippen LogP contribution >= 0.6 is 0 Å². The molecule has 1 aliphatic carbocycles. The van der Waals surface area contributed by atoms with E-state index in [1.165, 1.54) is 6.07 Å². The summed E-state index contributed by atoms with van der Waals surface area (Å²) in [5.41, 5.74) is -0.300. The van der Waals surface area contributed by atoms with Crippen molar-refractivity contribution in [2.24, 2.45) is 5.92 Å². The molecule has 1 aromatic rings. The van der Waals surface area contributed by atoms with Crippen molar-refractivity contribution in [2.75, 3.05) is 13.1 Å². The van der Waals surface area contributed by atoms with E-state index in [0.29, 0.717) is 50.8 Å². The molecule has 2 atom stereocenters. The molecular weight excluding hydrogens is 405 g/mol. The minimum absolute atomic E-state index is 0.0796. The number of alkyl halides is 3. The number of amides is 2. The molecule has 172 valence electrons. The molecule has 0 aromatic heterocycles. The zero-order chi connectivity index (χ0) is 22.4. The predicted octanol–water partition coefficient (Wildman–Crippen LogP) is 5.28. The van der Waals surface area contributed by atoms with Crippen molar-refractivity contribution in [3.05, 3.63) is 35.4 Å². The Kier molecular flexibility index (Phi) is 8.00. The first-order valence-corrected chi connectivity index (χ1v) is 11.6. The number of hydrogen-bond donors (Lipinski definition) is 1. The molecule has 4 nitrogen and oxygen atoms in total. The summed E-state index contributed by atoms with van der Waals surface area (Å²) >= 11 is 0. The maximum absolute atomic E-state index is 13.6. The third kappa shape index (κ3) is 6.01. The van der Waals surface area contributed by atoms with E-state index in [1.54, 1.807) is 12.1 Å². The van der Waals surface area contributed by atoms with Crippen molar-refractivity contribution in [1.29, 1.82) is 0 Å². The lowest BCUT2D eigenvalue weighted by Gasteiger charge is -2.34. The number of likely N-dealkylation sites (tertiary alicyclic amines) is 1. The second-order valence-corrected chi connectivity index (χ2v) is 8.85. The lowest BCUT2D eigenvalue weighted by Crippen LogP contribution is -2.46. The zero-order valence-electron chi connectivity index (χ0n) is 18.2. The van der Waals surface area contributed by atoms with E-state index in [9.17, 15) is 22.8 Å². The number of nitrogens with one attached hydrogen (secondary N) is 1. The van der Waals surface area contributed by atoms with Crippen LogP contribution in [0.3, 0.4) is 0 Å². The van der Waals surface area contributed by atoms with Crippen LogP contribution in [0.1, 0.15) is 81.8 Å². The van der Waals surface area contributed by atoms with Crippen molar-refractivity contribution < 1.29 is 22.8 Å². The third-order valence-corrected chi connectivity index (χ3v) is 6.69. The molecule has 0 radical (unpaired) electrons. The second-order valence-electron chi connectivity index (χ2n) is 8.85. The minimum atomic E-state index is -4.41. The summed E-state index contributed by atoms with van der Waals surface area (Å²) in [4.78, 5) is 26.9. The van der Waals surface area contributed by atoms with E-state index in [2.05, 4.69) is 5.32 Å². The summed E-state index contributed by atoms with van der Waals surface area (Å²) in [5, 5.41) is 3.12. The SMILES string of the molecule is CCCC(=O)N1CCC(C(=O)NC2CCCCCC2c2ccccc2C(F)(F)F)CC1. The van der Waals surface area contributed by atoms with Gasteiger partial charge in [-0.05, 0) is 43.7 Å². The van der Waals surface area contributed by atoms with Crippen molar-refractivity contribution in [2.45, 2.75) is 82.8 Å². The Morgan fingerprint density at radius 3 is 2.39 bits per heavy atom. The summed E-state index contributed by atoms with van der Waals surface area (Å²) in [5.74, 6) is -0.471. The van der Waals surface area contributed by atoms with Gasteiger partial charge in [0.2, 0.25) is 11.8 Å². The maximum atomic E-state index is 13.6. The lowest BCUT2D eigenvalue weighted by atomic mass is 9.84. The number of nitrogens with zero attached hydrogens (tertiary/aromatic N) is 1. The predicted molar refractivity (Wildman–Crippen MR) is 113 cm³/mol. The highest BCUT2D eigenvalue weighted by Crippen LogP contribution is 2.40. The Morgan fingerprint density at radius 1 is 1.03 bits per heavy atom. The minimum Gasteiger partial charge on any atom is -0.353 e. The molecule has 2 aliphatic rings. The van der Waals surface area contributed by atoms with Gasteiger partial charge in [-0.1, -0.05) is 44.4 Å². The number of carbonyl (C=O) groups excluding carboxylic acids is 2. The van der Waals surface area contributed by atoms with E-state index in [0.717, 1.165) is 31.7 Å². The molecule has 0 spiro atoms. The monoisotopic (exact) mass is 438 g/mol. The normalized spacial score (nSPS) is 23.3. The molecule has 1 N–H and O–H groups in total. The fraction of sp³-hybridized carbons (Fsp3) is 0.667. The maximum Gasteiger partial charge on any atom is 0.416 e. The Balaban J connectivity index is 1.69. The molecule has 2 unspecified atom stereocenters. The van der Waals surface area contributed by atoms with Crippen LogP contribution in [0.2, 0.25) is 0 Å². The topological polar surface area (TPSA) is 49.4 Å². The molecule has 3 rings (SSSR count). The van der Waals surface area contributed by atoms with Crippen LogP contribution in [0, 0.1) is 5.92 Å². The van der Waals surface area contributed by atoms with Crippen LogP contribution < -0.4 is 5.32 Å². The van der Waals surface area contributed by atoms with Gasteiger partial charge in [-0.3, -0.25) is 9.59 Å². The number of carbonyl (C=O) groups is 2. The fourth-order valence-electron chi connectivity index (χ4n) is 4.99. The van der Waals surface area contributed by atoms with Gasteiger partial charge in [-0.25, -0.2) is 0 Å². The van der Waals surface area contributed by atoms with Crippen molar-refractivity contribution >= 4 is 11.8 Å². The highest BCUT2D eigenvalue weighted by molar-refractivity contribution is 5.80. The van der Waals surface area contributed by atoms with Gasteiger partial charge in [-0.15, -0.1) is 0 Å². The number of benzene rings is 1. The number of piperidine rings is 1. The Hall–Kier alpha value is -2.05. The van der Waals surface area contributed by atoms with Crippen molar-refractivity contribution in [1.82, 2.24) is 10.2 Å². The van der Waals surface area contributed by atoms with E-state index in [1.807, 2.05) is 11.8 Å². The van der Waals surface area contributed by atoms with Crippen LogP contribution in [0.25, 0.3) is 0 Å². The molecule has 0 bridgehead atoms. The fourth-order valence-corrected chi connectivity index (χ4v) is 4.99. The van der Waals surface area contributed by atoms with E-state index < -0.39 is 11.7 Å². The highest BCUT2D eigenvalue weighted by Gasteiger charge is 2.38. The van der Waals surface area contributed by atoms with Gasteiger partial charge in [0.05, 0.1) is 5.56 Å². The number of rotatable bonds is 5. The smallest absolute Gasteiger partial charge is 0.353 e. The largest absolute Gasteiger partial charge is 0.416 e. The molecule has 2 amide bonds. The molecule has 1 saturated carbocycles. The summed E-state index contributed by atoms with van der Waals surface area (Å²) in [6.07, 6.45) is 2.21. The van der Waals surface area contributed by atoms with Crippen LogP contribution in [0.4, 0.5) is 13.2 Å². The van der Waals surface area contributed by atoms with Gasteiger partial charge in [0.15, 0.2) is 0 Å². The Bertz CT molecular complexity index is 757. The summed E-state index contributed by atoms with van der Waals surface area (Å²) in [6.45, 7) is 3.11. The van der Waals surface area contributed by atoms with Crippen LogP contribution in [-0.2, 0) is 15.8 Å². The average Bonchev–Trinajstić information content (AvgIpc) is 2.98. The standard InChI is InChI=1S/C24H33F3N2O2/c1-2-8-22(30)29-15-13-17(14-16-29)23(31)28-21-12-5-3-4-10-19(21)18-9-6-7-11-20(18)24(25,26)27/h6-7,9,11,17,19,21H,2-5,8,10,12-16H2,1H3,(H,28,31). The van der Waals surface area contributed by atoms with E-state index >= 15 is 0 Å². The molecule has 1 saturated heterocycles. The van der Waals surface area contributed by atoms with Crippen molar-refractivity contribution in [3.8, 4) is 0 Å². The first kappa shape index (κ1) is 23.6. The number of halogens is 3. The Morgan fingerprint density at radius 2 is 1.71 bits per heavy atom. The molecule has 1 aromatic carbocycles. The molecular formula is C24H33F3N2O2. The van der Waals surface area contributed by atoms with Gasteiger partial charge in [-0.2, -0.15) is 13.2 Å². The molecule has 1 heterocycles. The molecule has 1 aliphatic heterocycles. The average molecular weight is 439 g/mol. The lowest BCUT2D eigenvalue weighted by molar-refractivity contribution is -0.138. The first-order valence-electron chi connectivity index (χ1n) is 11.6. The summed E-state index contributed by atoms with van der Waals surface area (Å²) in [6, 6.07) is 5.48. The van der Waals surface area contributed by atoms with Crippen molar-refractivity contribution in [3.63, 3.8) is 0 Å². The van der Waals surface area contributed by atoms with Gasteiger partial charge < -0.3 is 10.2 Å². The van der Waals surface area contributed by atoms with Crippen LogP contribution in [0.15, 0.2) is 24.3 Å². The highest BCUT2D eigenvalue weighted by atomic mass is 19.4. The zero-order valence-corrected chi connectivity index (χ0v) is 18.2. The number of hydrogen-bond acceptors (Lipinski definition) is 2. The molecule has 2 fully saturated rings. The first-order chi connectivity index (χ1) is 14.8. The van der Waals surface area contributed by atoms with Gasteiger partial charge in [0.25, 0.3) is 0 Å². The van der Waals surface area contributed by atoms with Gasteiger partial charge >= 0.3 is 6.18 Å². The molecule has 7 heteroatoms. The van der Waals surface area contributed by atoms with Crippen LogP contribution in [0.5, 0.6) is 0 Å². The van der Waals surface area contributed by atoms with Gasteiger partial charge in [0.1, 0.15) is 0 Å². The van der Waals surface area contributed by atoms with E-state index in [4.69, 9.17) is 0 Å². The van der Waals surface area contributed by atoms with Gasteiger partial charge in [0, 0.05) is 37.4 Å². The summed E-state index contributed by atoms with van der Waals surface area (Å²) < 4.78 is 40.9. The van der Waals surface area contributed by atoms with E-state index in [-0.39, 0.29) is 29.7 Å². The third-order valence-electron chi connectivity index (χ3n) is 6.69. The Labute approximate surface area is 182 Å². The second kappa shape index (κ2) is 10.5. The van der Waals surface area contributed by atoms with Crippen LogP contribution in [-0.4, -0.2) is 35.8 Å². The summed E-state index contributed by atoms with van der Waals surface area (Å²) in [7, 11) is 0.